The van der Waals surface area contributed by atoms with Crippen molar-refractivity contribution in [3.05, 3.63) is 72.8 Å². The molecule has 0 unspecified atom stereocenters. The molecule has 0 amide bonds. The van der Waals surface area contributed by atoms with Gasteiger partial charge in [-0.2, -0.15) is 5.10 Å². The zero-order valence-corrected chi connectivity index (χ0v) is 10.8. The monoisotopic (exact) mass is 304 g/mol. The summed E-state index contributed by atoms with van der Waals surface area (Å²) in [7, 11) is 0. The molecule has 2 rings (SSSR count). The average Bonchev–Trinajstić information content (AvgIpc) is 2.49. The highest BCUT2D eigenvalue weighted by atomic mass is 16.6. The van der Waals surface area contributed by atoms with Crippen LogP contribution in [0.3, 0.4) is 0 Å². The number of benzene rings is 1. The summed E-state index contributed by atoms with van der Waals surface area (Å²) in [6.45, 7) is 0. The molecule has 2 aromatic rings. The van der Waals surface area contributed by atoms with Crippen molar-refractivity contribution in [3.8, 4) is 0 Å². The lowest BCUT2D eigenvalue weighted by Crippen LogP contribution is -1.99. The highest BCUT2D eigenvalue weighted by molar-refractivity contribution is 5.79. The molecule has 10 heteroatoms. The van der Waals surface area contributed by atoms with Gasteiger partial charge in [0.25, 0.3) is 5.69 Å². The van der Waals surface area contributed by atoms with Crippen LogP contribution in [0.1, 0.15) is 5.56 Å². The van der Waals surface area contributed by atoms with Crippen LogP contribution in [0.4, 0.5) is 17.1 Å². The van der Waals surface area contributed by atoms with Crippen LogP contribution in [0, 0.1) is 20.2 Å². The molecule has 0 aliphatic heterocycles. The van der Waals surface area contributed by atoms with Crippen molar-refractivity contribution in [2.24, 2.45) is 5.10 Å². The summed E-state index contributed by atoms with van der Waals surface area (Å²) >= 11 is 0. The van der Waals surface area contributed by atoms with Crippen molar-refractivity contribution >= 4 is 23.3 Å². The number of anilines is 1. The second kappa shape index (κ2) is 6.26. The van der Waals surface area contributed by atoms with Crippen LogP contribution in [-0.4, -0.2) is 16.1 Å². The van der Waals surface area contributed by atoms with Crippen molar-refractivity contribution in [3.63, 3.8) is 0 Å². The van der Waals surface area contributed by atoms with Gasteiger partial charge in [-0.15, -0.1) is 0 Å². The highest BCUT2D eigenvalue weighted by Crippen LogP contribution is 2.28. The molecule has 10 nitrogen and oxygen atoms in total. The summed E-state index contributed by atoms with van der Waals surface area (Å²) in [4.78, 5) is 30.8. The van der Waals surface area contributed by atoms with Gasteiger partial charge in [0.2, 0.25) is 0 Å². The van der Waals surface area contributed by atoms with E-state index in [2.05, 4.69) is 14.9 Å². The van der Waals surface area contributed by atoms with E-state index < -0.39 is 26.8 Å². The second-order valence-electron chi connectivity index (χ2n) is 3.97. The predicted octanol–water partition coefficient (Wildman–Crippen LogP) is 1.90. The van der Waals surface area contributed by atoms with Crippen molar-refractivity contribution in [2.75, 3.05) is 5.43 Å². The highest BCUT2D eigenvalue weighted by Gasteiger charge is 2.18. The molecule has 1 aromatic carbocycles. The lowest BCUT2D eigenvalue weighted by Gasteiger charge is -2.01. The molecule has 22 heavy (non-hydrogen) atoms. The first-order chi connectivity index (χ1) is 10.5. The summed E-state index contributed by atoms with van der Waals surface area (Å²) < 4.78 is 4.61. The summed E-state index contributed by atoms with van der Waals surface area (Å²) in [5, 5.41) is 25.3. The van der Waals surface area contributed by atoms with E-state index in [0.29, 0.717) is 5.56 Å². The maximum atomic E-state index is 10.9. The zero-order valence-electron chi connectivity index (χ0n) is 10.8. The van der Waals surface area contributed by atoms with Crippen LogP contribution in [0.15, 0.2) is 50.9 Å². The molecule has 112 valence electrons. The smallest absolute Gasteiger partial charge is 0.335 e. The second-order valence-corrected chi connectivity index (χ2v) is 3.97. The van der Waals surface area contributed by atoms with Gasteiger partial charge in [-0.25, -0.2) is 4.79 Å². The molecule has 0 fully saturated rings. The number of nitrogens with one attached hydrogen (secondary N) is 1. The van der Waals surface area contributed by atoms with E-state index in [1.807, 2.05) is 0 Å². The number of hydrogen-bond acceptors (Lipinski definition) is 8. The lowest BCUT2D eigenvalue weighted by molar-refractivity contribution is -0.393. The number of non-ortho nitro benzene ring substituents is 1. The molecule has 0 radical (unpaired) electrons. The Bertz CT molecular complexity index is 793. The van der Waals surface area contributed by atoms with Gasteiger partial charge in [-0.3, -0.25) is 25.7 Å². The van der Waals surface area contributed by atoms with Crippen molar-refractivity contribution in [1.29, 1.82) is 0 Å². The maximum absolute atomic E-state index is 10.9. The van der Waals surface area contributed by atoms with Gasteiger partial charge in [0.05, 0.1) is 22.1 Å². The molecule has 0 spiro atoms. The van der Waals surface area contributed by atoms with Gasteiger partial charge in [0.15, 0.2) is 0 Å². The summed E-state index contributed by atoms with van der Waals surface area (Å²) in [5.41, 5.74) is 1.46. The molecule has 0 aliphatic rings. The fourth-order valence-electron chi connectivity index (χ4n) is 1.50. The van der Waals surface area contributed by atoms with Gasteiger partial charge in [-0.1, -0.05) is 0 Å². The Morgan fingerprint density at radius 3 is 2.50 bits per heavy atom. The van der Waals surface area contributed by atoms with Crippen molar-refractivity contribution < 1.29 is 14.3 Å². The van der Waals surface area contributed by atoms with Gasteiger partial charge < -0.3 is 4.42 Å². The largest absolute Gasteiger partial charge is 0.431 e. The fourth-order valence-corrected chi connectivity index (χ4v) is 1.50. The number of nitro groups is 2. The van der Waals surface area contributed by atoms with E-state index in [4.69, 9.17) is 0 Å². The first-order valence-electron chi connectivity index (χ1n) is 5.78. The Kier molecular flexibility index (Phi) is 4.22. The molecule has 0 bridgehead atoms. The molecular formula is C12H8N4O6. The zero-order chi connectivity index (χ0) is 16.1. The van der Waals surface area contributed by atoms with Gasteiger partial charge in [-0.05, 0) is 12.1 Å². The maximum Gasteiger partial charge on any atom is 0.335 e. The third-order valence-electron chi connectivity index (χ3n) is 2.51. The number of hydrogen-bond donors (Lipinski definition) is 1. The quantitative estimate of drug-likeness (QED) is 0.505. The number of nitro benzene ring substituents is 2. The Labute approximate surface area is 122 Å². The van der Waals surface area contributed by atoms with Crippen LogP contribution in [0.2, 0.25) is 0 Å². The minimum atomic E-state index is -0.758. The molecule has 0 saturated heterocycles. The number of nitrogens with zero attached hydrogens (tertiary/aromatic N) is 3. The Morgan fingerprint density at radius 1 is 1.14 bits per heavy atom. The van der Waals surface area contributed by atoms with Crippen molar-refractivity contribution in [1.82, 2.24) is 0 Å². The Morgan fingerprint density at radius 2 is 1.91 bits per heavy atom. The Hall–Kier alpha value is -3.56. The average molecular weight is 304 g/mol. The van der Waals surface area contributed by atoms with Gasteiger partial charge in [0.1, 0.15) is 12.0 Å². The van der Waals surface area contributed by atoms with Crippen LogP contribution in [-0.2, 0) is 0 Å². The lowest BCUT2D eigenvalue weighted by atomic mass is 10.2. The van der Waals surface area contributed by atoms with E-state index in [1.54, 1.807) is 0 Å². The summed E-state index contributed by atoms with van der Waals surface area (Å²) in [5.74, 6) is 0. The third kappa shape index (κ3) is 3.50. The standard InChI is InChI=1S/C12H8N4O6/c17-12-4-1-8(7-22-12)6-13-14-10-3-2-9(15(18)19)5-11(10)16(20)21/h1-7,14H/b13-6+. The van der Waals surface area contributed by atoms with Gasteiger partial charge >= 0.3 is 11.3 Å². The fraction of sp³-hybridized carbons (Fsp3) is 0. The topological polar surface area (TPSA) is 141 Å². The van der Waals surface area contributed by atoms with Crippen LogP contribution in [0.5, 0.6) is 0 Å². The minimum absolute atomic E-state index is 0.00997. The minimum Gasteiger partial charge on any atom is -0.431 e. The molecule has 1 aromatic heterocycles. The predicted molar refractivity (Wildman–Crippen MR) is 75.9 cm³/mol. The van der Waals surface area contributed by atoms with E-state index in [1.165, 1.54) is 24.4 Å². The third-order valence-corrected chi connectivity index (χ3v) is 2.51. The molecule has 1 heterocycles. The van der Waals surface area contributed by atoms with E-state index in [-0.39, 0.29) is 5.69 Å². The Balaban J connectivity index is 2.21. The molecule has 1 N–H and O–H groups in total. The normalized spacial score (nSPS) is 10.5. The molecule has 0 aliphatic carbocycles. The number of rotatable bonds is 5. The van der Waals surface area contributed by atoms with Crippen LogP contribution in [0.25, 0.3) is 0 Å². The molecule has 0 saturated carbocycles. The summed E-state index contributed by atoms with van der Waals surface area (Å²) in [6, 6.07) is 5.77. The first-order valence-corrected chi connectivity index (χ1v) is 5.78. The number of hydrazone groups is 1. The van der Waals surface area contributed by atoms with Crippen LogP contribution >= 0.6 is 0 Å². The molecular weight excluding hydrogens is 296 g/mol. The van der Waals surface area contributed by atoms with Gasteiger partial charge in [0, 0.05) is 17.7 Å². The van der Waals surface area contributed by atoms with E-state index >= 15 is 0 Å². The van der Waals surface area contributed by atoms with E-state index in [0.717, 1.165) is 18.4 Å². The SMILES string of the molecule is O=c1ccc(/C=N/Nc2ccc([N+](=O)[O-])cc2[N+](=O)[O-])co1. The van der Waals surface area contributed by atoms with E-state index in [9.17, 15) is 25.0 Å². The van der Waals surface area contributed by atoms with Crippen molar-refractivity contribution in [2.45, 2.75) is 0 Å². The summed E-state index contributed by atoms with van der Waals surface area (Å²) in [6.07, 6.45) is 2.44. The first kappa shape index (κ1) is 14.8. The molecule has 0 atom stereocenters. The van der Waals surface area contributed by atoms with Crippen LogP contribution < -0.4 is 11.1 Å².